The van der Waals surface area contributed by atoms with Crippen molar-refractivity contribution in [3.8, 4) is 11.3 Å². The van der Waals surface area contributed by atoms with E-state index in [1.165, 1.54) is 10.4 Å². The first-order valence-electron chi connectivity index (χ1n) is 11.2. The van der Waals surface area contributed by atoms with Crippen molar-refractivity contribution in [1.82, 2.24) is 24.1 Å². The van der Waals surface area contributed by atoms with Crippen LogP contribution in [0.25, 0.3) is 11.3 Å². The van der Waals surface area contributed by atoms with Crippen molar-refractivity contribution < 1.29 is 34.8 Å². The molecule has 8 nitrogen and oxygen atoms in total. The third kappa shape index (κ3) is 6.64. The predicted molar refractivity (Wildman–Crippen MR) is 129 cm³/mol. The molecule has 0 aliphatic carbocycles. The number of rotatable bonds is 7. The molecular formula is C22H21BrF6N6O2S. The average Bonchev–Trinajstić information content (AvgIpc) is 3.30. The molecule has 3 heterocycles. The molecule has 0 unspecified atom stereocenters. The van der Waals surface area contributed by atoms with Gasteiger partial charge in [0, 0.05) is 42.4 Å². The van der Waals surface area contributed by atoms with Gasteiger partial charge in [-0.3, -0.25) is 4.68 Å². The Kier molecular flexibility index (Phi) is 8.04. The Balaban J connectivity index is 1.49. The van der Waals surface area contributed by atoms with Crippen molar-refractivity contribution in [3.05, 3.63) is 54.0 Å². The molecule has 0 amide bonds. The lowest BCUT2D eigenvalue weighted by molar-refractivity contribution is -0.142. The van der Waals surface area contributed by atoms with Gasteiger partial charge in [0.2, 0.25) is 16.0 Å². The first kappa shape index (κ1) is 28.3. The van der Waals surface area contributed by atoms with Crippen molar-refractivity contribution in [2.24, 2.45) is 0 Å². The molecule has 0 spiro atoms. The molecule has 16 heteroatoms. The molecule has 1 saturated heterocycles. The highest BCUT2D eigenvalue weighted by Gasteiger charge is 2.37. The maximum Gasteiger partial charge on any atom is 0.419 e. The van der Waals surface area contributed by atoms with Gasteiger partial charge in [0.05, 0.1) is 16.8 Å². The van der Waals surface area contributed by atoms with Crippen LogP contribution in [0.4, 0.5) is 32.3 Å². The standard InChI is InChI=1S/C22H21BrF6N6O2S/c23-9-14-2-1-3-17(8-14)38(36,37)35-6-4-16(5-7-35)32-20-30-11-18(22(27,28)29)19(33-20)15-10-31-34(12-15)13-21(24,25)26/h1-3,8,10-12,16H,4-7,9,13H2,(H,30,32,33). The molecule has 1 aliphatic heterocycles. The zero-order valence-electron chi connectivity index (χ0n) is 19.5. The van der Waals surface area contributed by atoms with E-state index in [4.69, 9.17) is 0 Å². The van der Waals surface area contributed by atoms with E-state index >= 15 is 0 Å². The number of hydrogen-bond acceptors (Lipinski definition) is 6. The Hall–Kier alpha value is -2.72. The SMILES string of the molecule is O=S(=O)(c1cccc(CBr)c1)N1CCC(Nc2ncc(C(F)(F)F)c(-c3cnn(CC(F)(F)F)c3)n2)CC1. The van der Waals surface area contributed by atoms with E-state index in [-0.39, 0.29) is 35.5 Å². The molecule has 0 atom stereocenters. The Labute approximate surface area is 222 Å². The van der Waals surface area contributed by atoms with Crippen LogP contribution in [0.1, 0.15) is 24.0 Å². The largest absolute Gasteiger partial charge is 0.419 e. The molecule has 2 aromatic heterocycles. The summed E-state index contributed by atoms with van der Waals surface area (Å²) >= 11 is 3.30. The van der Waals surface area contributed by atoms with Gasteiger partial charge in [0.15, 0.2) is 0 Å². The van der Waals surface area contributed by atoms with Crippen molar-refractivity contribution >= 4 is 31.9 Å². The van der Waals surface area contributed by atoms with Crippen molar-refractivity contribution in [2.75, 3.05) is 18.4 Å². The summed E-state index contributed by atoms with van der Waals surface area (Å²) in [5.41, 5.74) is -1.28. The second-order valence-electron chi connectivity index (χ2n) is 8.60. The topological polar surface area (TPSA) is 93.0 Å². The second-order valence-corrected chi connectivity index (χ2v) is 11.1. The molecule has 4 rings (SSSR count). The van der Waals surface area contributed by atoms with Gasteiger partial charge in [-0.2, -0.15) is 35.7 Å². The molecule has 1 aliphatic rings. The normalized spacial score (nSPS) is 16.1. The van der Waals surface area contributed by atoms with Crippen molar-refractivity contribution in [2.45, 2.75) is 48.0 Å². The second kappa shape index (κ2) is 10.8. The minimum absolute atomic E-state index is 0.163. The van der Waals surface area contributed by atoms with E-state index in [0.717, 1.165) is 18.0 Å². The minimum Gasteiger partial charge on any atom is -0.351 e. The Morgan fingerprint density at radius 2 is 1.79 bits per heavy atom. The number of anilines is 1. The lowest BCUT2D eigenvalue weighted by atomic mass is 10.1. The third-order valence-corrected chi connectivity index (χ3v) is 8.36. The summed E-state index contributed by atoms with van der Waals surface area (Å²) in [6.07, 6.45) is -6.52. The molecule has 1 aromatic carbocycles. The molecule has 1 N–H and O–H groups in total. The quantitative estimate of drug-likeness (QED) is 0.290. The molecule has 0 radical (unpaired) electrons. The van der Waals surface area contributed by atoms with Gasteiger partial charge in [-0.1, -0.05) is 28.1 Å². The van der Waals surface area contributed by atoms with Crippen LogP contribution in [0.15, 0.2) is 47.8 Å². The number of hydrogen-bond donors (Lipinski definition) is 1. The first-order valence-corrected chi connectivity index (χ1v) is 13.8. The van der Waals surface area contributed by atoms with Crippen LogP contribution >= 0.6 is 15.9 Å². The summed E-state index contributed by atoms with van der Waals surface area (Å²) in [7, 11) is -3.73. The molecule has 0 saturated carbocycles. The van der Waals surface area contributed by atoms with Gasteiger partial charge >= 0.3 is 12.4 Å². The number of nitrogens with zero attached hydrogens (tertiary/aromatic N) is 5. The molecular weight excluding hydrogens is 606 g/mol. The molecule has 206 valence electrons. The van der Waals surface area contributed by atoms with E-state index in [9.17, 15) is 34.8 Å². The fourth-order valence-electron chi connectivity index (χ4n) is 4.00. The molecule has 3 aromatic rings. The smallest absolute Gasteiger partial charge is 0.351 e. The highest BCUT2D eigenvalue weighted by molar-refractivity contribution is 9.08. The first-order chi connectivity index (χ1) is 17.8. The van der Waals surface area contributed by atoms with Crippen molar-refractivity contribution in [3.63, 3.8) is 0 Å². The fourth-order valence-corrected chi connectivity index (χ4v) is 5.89. The summed E-state index contributed by atoms with van der Waals surface area (Å²) in [4.78, 5) is 7.84. The van der Waals surface area contributed by atoms with Gasteiger partial charge in [-0.15, -0.1) is 0 Å². The number of halogens is 7. The Morgan fingerprint density at radius 3 is 2.42 bits per heavy atom. The predicted octanol–water partition coefficient (Wildman–Crippen LogP) is 5.08. The number of benzene rings is 1. The number of nitrogens with one attached hydrogen (secondary N) is 1. The molecule has 38 heavy (non-hydrogen) atoms. The van der Waals surface area contributed by atoms with Crippen LogP contribution in [0.3, 0.4) is 0 Å². The van der Waals surface area contributed by atoms with Gasteiger partial charge in [-0.05, 0) is 30.5 Å². The van der Waals surface area contributed by atoms with E-state index in [1.54, 1.807) is 18.2 Å². The summed E-state index contributed by atoms with van der Waals surface area (Å²) in [5.74, 6) is -0.164. The Bertz CT molecular complexity index is 1390. The highest BCUT2D eigenvalue weighted by atomic mass is 79.9. The monoisotopic (exact) mass is 626 g/mol. The number of aromatic nitrogens is 4. The average molecular weight is 627 g/mol. The van der Waals surface area contributed by atoms with Crippen LogP contribution in [-0.2, 0) is 28.1 Å². The van der Waals surface area contributed by atoms with E-state index in [2.05, 4.69) is 36.3 Å². The number of piperidine rings is 1. The fraction of sp³-hybridized carbons (Fsp3) is 0.409. The maximum atomic E-state index is 13.6. The van der Waals surface area contributed by atoms with E-state index in [0.29, 0.717) is 29.1 Å². The zero-order chi connectivity index (χ0) is 27.7. The summed E-state index contributed by atoms with van der Waals surface area (Å²) in [6.45, 7) is -1.14. The Morgan fingerprint density at radius 1 is 1.08 bits per heavy atom. The summed E-state index contributed by atoms with van der Waals surface area (Å²) in [6, 6.07) is 6.21. The van der Waals surface area contributed by atoms with Gasteiger partial charge < -0.3 is 5.32 Å². The lowest BCUT2D eigenvalue weighted by Crippen LogP contribution is -2.42. The zero-order valence-corrected chi connectivity index (χ0v) is 21.9. The minimum atomic E-state index is -4.86. The van der Waals surface area contributed by atoms with Gasteiger partial charge in [-0.25, -0.2) is 18.4 Å². The van der Waals surface area contributed by atoms with Crippen LogP contribution in [0.2, 0.25) is 0 Å². The van der Waals surface area contributed by atoms with Crippen molar-refractivity contribution in [1.29, 1.82) is 0 Å². The molecule has 0 bridgehead atoms. The van der Waals surface area contributed by atoms with E-state index in [1.807, 2.05) is 0 Å². The number of alkyl halides is 7. The summed E-state index contributed by atoms with van der Waals surface area (Å²) < 4.78 is 107. The van der Waals surface area contributed by atoms with Crippen LogP contribution < -0.4 is 5.32 Å². The maximum absolute atomic E-state index is 13.6. The van der Waals surface area contributed by atoms with Crippen LogP contribution in [-0.4, -0.2) is 57.8 Å². The summed E-state index contributed by atoms with van der Waals surface area (Å²) in [5, 5.41) is 6.92. The van der Waals surface area contributed by atoms with Crippen LogP contribution in [0, 0.1) is 0 Å². The molecule has 1 fully saturated rings. The third-order valence-electron chi connectivity index (χ3n) is 5.82. The van der Waals surface area contributed by atoms with E-state index < -0.39 is 40.2 Å². The van der Waals surface area contributed by atoms with Gasteiger partial charge in [0.1, 0.15) is 12.1 Å². The van der Waals surface area contributed by atoms with Crippen LogP contribution in [0.5, 0.6) is 0 Å². The highest BCUT2D eigenvalue weighted by Crippen LogP contribution is 2.36. The lowest BCUT2D eigenvalue weighted by Gasteiger charge is -2.31. The van der Waals surface area contributed by atoms with Gasteiger partial charge in [0.25, 0.3) is 0 Å². The number of sulfonamides is 1.